The molecule has 0 amide bonds. The van der Waals surface area contributed by atoms with Crippen LogP contribution < -0.4 is 4.74 Å². The quantitative estimate of drug-likeness (QED) is 0.904. The summed E-state index contributed by atoms with van der Waals surface area (Å²) < 4.78 is 11.2. The summed E-state index contributed by atoms with van der Waals surface area (Å²) in [4.78, 5) is 2.54. The maximum Gasteiger partial charge on any atom is 0.161 e. The minimum Gasteiger partial charge on any atom is -0.504 e. The molecule has 24 heavy (non-hydrogen) atoms. The number of hydrogen-bond donors (Lipinski definition) is 1. The van der Waals surface area contributed by atoms with Crippen molar-refractivity contribution < 1.29 is 14.6 Å². The molecule has 1 heterocycles. The van der Waals surface area contributed by atoms with Gasteiger partial charge in [-0.25, -0.2) is 0 Å². The van der Waals surface area contributed by atoms with Gasteiger partial charge in [0.2, 0.25) is 0 Å². The Hall–Kier alpha value is -1.26. The molecule has 0 aromatic heterocycles. The van der Waals surface area contributed by atoms with Crippen LogP contribution in [-0.2, 0) is 16.6 Å². The van der Waals surface area contributed by atoms with Gasteiger partial charge in [0.15, 0.2) is 11.5 Å². The van der Waals surface area contributed by atoms with Gasteiger partial charge < -0.3 is 19.5 Å². The monoisotopic (exact) mass is 331 g/mol. The van der Waals surface area contributed by atoms with E-state index in [-0.39, 0.29) is 16.9 Å². The summed E-state index contributed by atoms with van der Waals surface area (Å²) in [7, 11) is 5.72. The lowest BCUT2D eigenvalue weighted by Gasteiger charge is -2.65. The SMILES string of the molecule is COc1ccc2c(c1O)[C@]13CCN(C)[C@H](C2)C1(C)CCC(OC)C3. The number of piperidine rings is 1. The van der Waals surface area contributed by atoms with Crippen molar-refractivity contribution in [3.63, 3.8) is 0 Å². The van der Waals surface area contributed by atoms with Crippen LogP contribution >= 0.6 is 0 Å². The van der Waals surface area contributed by atoms with Gasteiger partial charge in [-0.1, -0.05) is 13.0 Å². The Balaban J connectivity index is 1.96. The molecule has 4 atom stereocenters. The molecule has 2 unspecified atom stereocenters. The summed E-state index contributed by atoms with van der Waals surface area (Å²) in [5.74, 6) is 0.961. The van der Waals surface area contributed by atoms with E-state index in [1.165, 1.54) is 5.56 Å². The van der Waals surface area contributed by atoms with Crippen molar-refractivity contribution in [2.75, 3.05) is 27.8 Å². The lowest BCUT2D eigenvalue weighted by Crippen LogP contribution is -2.67. The molecule has 2 bridgehead atoms. The van der Waals surface area contributed by atoms with Crippen molar-refractivity contribution in [3.8, 4) is 11.5 Å². The third-order valence-corrected chi connectivity index (χ3v) is 7.49. The molecule has 132 valence electrons. The number of likely N-dealkylation sites (tertiary alicyclic amines) is 1. The number of phenols is 1. The molecule has 2 aliphatic carbocycles. The molecule has 1 aromatic carbocycles. The number of hydrogen-bond acceptors (Lipinski definition) is 4. The highest BCUT2D eigenvalue weighted by Gasteiger charge is 2.63. The smallest absolute Gasteiger partial charge is 0.161 e. The Kier molecular flexibility index (Phi) is 3.63. The average Bonchev–Trinajstić information content (AvgIpc) is 2.57. The zero-order chi connectivity index (χ0) is 17.1. The second-order valence-corrected chi connectivity index (χ2v) is 8.20. The van der Waals surface area contributed by atoms with Crippen LogP contribution in [0.15, 0.2) is 12.1 Å². The van der Waals surface area contributed by atoms with E-state index in [9.17, 15) is 5.11 Å². The van der Waals surface area contributed by atoms with Crippen molar-refractivity contribution in [2.24, 2.45) is 5.41 Å². The molecule has 1 saturated carbocycles. The topological polar surface area (TPSA) is 41.9 Å². The van der Waals surface area contributed by atoms with E-state index in [0.717, 1.165) is 44.2 Å². The summed E-state index contributed by atoms with van der Waals surface area (Å²) in [6, 6.07) is 4.61. The minimum absolute atomic E-state index is 0.0185. The predicted molar refractivity (Wildman–Crippen MR) is 93.8 cm³/mol. The van der Waals surface area contributed by atoms with Gasteiger partial charge in [-0.2, -0.15) is 0 Å². The highest BCUT2D eigenvalue weighted by atomic mass is 16.5. The molecule has 4 nitrogen and oxygen atoms in total. The first-order chi connectivity index (χ1) is 11.5. The van der Waals surface area contributed by atoms with Crippen molar-refractivity contribution in [2.45, 2.75) is 56.6 Å². The fourth-order valence-electron chi connectivity index (χ4n) is 6.09. The third-order valence-electron chi connectivity index (χ3n) is 7.49. The molecule has 1 saturated heterocycles. The zero-order valence-electron chi connectivity index (χ0n) is 15.3. The second kappa shape index (κ2) is 5.37. The lowest BCUT2D eigenvalue weighted by atomic mass is 9.44. The van der Waals surface area contributed by atoms with E-state index in [4.69, 9.17) is 9.47 Å². The highest BCUT2D eigenvalue weighted by Crippen LogP contribution is 2.65. The number of fused-ring (bicyclic) bond motifs is 1. The fraction of sp³-hybridized carbons (Fsp3) is 0.700. The van der Waals surface area contributed by atoms with Crippen LogP contribution in [0.2, 0.25) is 0 Å². The average molecular weight is 331 g/mol. The summed E-state index contributed by atoms with van der Waals surface area (Å²) in [6.07, 6.45) is 5.62. The number of methoxy groups -OCH3 is 2. The largest absolute Gasteiger partial charge is 0.504 e. The normalized spacial score (nSPS) is 38.3. The van der Waals surface area contributed by atoms with Gasteiger partial charge in [-0.05, 0) is 62.7 Å². The standard InChI is InChI=1S/C20H29NO3/c1-19-8-7-14(23-3)12-20(19)9-10-21(2)16(19)11-13-5-6-15(24-4)18(22)17(13)20/h5-6,14,16,22H,7-12H2,1-4H3/t14?,16-,19?,20-/m1/s1. The summed E-state index contributed by atoms with van der Waals surface area (Å²) in [6.45, 7) is 3.52. The Bertz CT molecular complexity index is 661. The van der Waals surface area contributed by atoms with E-state index in [1.54, 1.807) is 7.11 Å². The summed E-state index contributed by atoms with van der Waals surface area (Å²) >= 11 is 0. The first-order valence-corrected chi connectivity index (χ1v) is 9.09. The van der Waals surface area contributed by atoms with Crippen LogP contribution in [-0.4, -0.2) is 50.0 Å². The van der Waals surface area contributed by atoms with Crippen LogP contribution in [0, 0.1) is 5.41 Å². The van der Waals surface area contributed by atoms with Gasteiger partial charge in [0.1, 0.15) is 0 Å². The fourth-order valence-corrected chi connectivity index (χ4v) is 6.09. The van der Waals surface area contributed by atoms with Gasteiger partial charge in [-0.3, -0.25) is 0 Å². The molecule has 3 aliphatic rings. The van der Waals surface area contributed by atoms with Gasteiger partial charge in [-0.15, -0.1) is 0 Å². The summed E-state index contributed by atoms with van der Waals surface area (Å²) in [5, 5.41) is 11.0. The van der Waals surface area contributed by atoms with Crippen LogP contribution in [0.4, 0.5) is 0 Å². The van der Waals surface area contributed by atoms with Crippen molar-refractivity contribution >= 4 is 0 Å². The number of rotatable bonds is 2. The van der Waals surface area contributed by atoms with E-state index in [2.05, 4.69) is 24.9 Å². The number of nitrogens with zero attached hydrogens (tertiary/aromatic N) is 1. The molecule has 4 heteroatoms. The first kappa shape index (κ1) is 16.2. The molecule has 1 aromatic rings. The van der Waals surface area contributed by atoms with Crippen LogP contribution in [0.1, 0.15) is 43.7 Å². The van der Waals surface area contributed by atoms with E-state index in [0.29, 0.717) is 17.5 Å². The molecular formula is C20H29NO3. The molecular weight excluding hydrogens is 302 g/mol. The number of benzene rings is 1. The van der Waals surface area contributed by atoms with E-state index < -0.39 is 0 Å². The minimum atomic E-state index is -0.0185. The summed E-state index contributed by atoms with van der Waals surface area (Å²) in [5.41, 5.74) is 2.59. The molecule has 0 spiro atoms. The lowest BCUT2D eigenvalue weighted by molar-refractivity contribution is -0.111. The first-order valence-electron chi connectivity index (χ1n) is 9.09. The Morgan fingerprint density at radius 1 is 1.25 bits per heavy atom. The maximum absolute atomic E-state index is 11.0. The third kappa shape index (κ3) is 1.87. The maximum atomic E-state index is 11.0. The number of ether oxygens (including phenoxy) is 2. The number of likely N-dealkylation sites (N-methyl/N-ethyl adjacent to an activating group) is 1. The van der Waals surface area contributed by atoms with Crippen LogP contribution in [0.5, 0.6) is 11.5 Å². The molecule has 4 rings (SSSR count). The van der Waals surface area contributed by atoms with Crippen molar-refractivity contribution in [1.82, 2.24) is 4.90 Å². The number of phenolic OH excluding ortho intramolecular Hbond substituents is 1. The van der Waals surface area contributed by atoms with Gasteiger partial charge in [0.25, 0.3) is 0 Å². The Labute approximate surface area is 144 Å². The predicted octanol–water partition coefficient (Wildman–Crippen LogP) is 3.10. The Morgan fingerprint density at radius 3 is 2.75 bits per heavy atom. The van der Waals surface area contributed by atoms with E-state index >= 15 is 0 Å². The van der Waals surface area contributed by atoms with Crippen LogP contribution in [0.25, 0.3) is 0 Å². The van der Waals surface area contributed by atoms with Gasteiger partial charge in [0.05, 0.1) is 13.2 Å². The van der Waals surface area contributed by atoms with E-state index in [1.807, 2.05) is 13.2 Å². The Morgan fingerprint density at radius 2 is 2.04 bits per heavy atom. The van der Waals surface area contributed by atoms with Gasteiger partial charge in [0, 0.05) is 24.1 Å². The van der Waals surface area contributed by atoms with Crippen LogP contribution in [0.3, 0.4) is 0 Å². The van der Waals surface area contributed by atoms with Gasteiger partial charge >= 0.3 is 0 Å². The molecule has 2 fully saturated rings. The molecule has 1 N–H and O–H groups in total. The molecule has 1 aliphatic heterocycles. The zero-order valence-corrected chi connectivity index (χ0v) is 15.3. The second-order valence-electron chi connectivity index (χ2n) is 8.20. The van der Waals surface area contributed by atoms with Crippen molar-refractivity contribution in [1.29, 1.82) is 0 Å². The number of aromatic hydroxyl groups is 1. The molecule has 0 radical (unpaired) electrons. The van der Waals surface area contributed by atoms with Crippen molar-refractivity contribution in [3.05, 3.63) is 23.3 Å². The highest BCUT2D eigenvalue weighted by molar-refractivity contribution is 5.57.